The molecule has 0 radical (unpaired) electrons. The lowest BCUT2D eigenvalue weighted by molar-refractivity contribution is 0.359. The molecule has 1 heterocycles. The van der Waals surface area contributed by atoms with Gasteiger partial charge in [0.2, 0.25) is 5.95 Å². The van der Waals surface area contributed by atoms with Crippen molar-refractivity contribution in [3.63, 3.8) is 0 Å². The van der Waals surface area contributed by atoms with E-state index in [-0.39, 0.29) is 12.0 Å². The number of anilines is 1. The standard InChI is InChI=1S/C12H13BrN4O2/c1-7-6-8(13)4-5-9(7)19-12-16-10(14-2)15-11(17-12)18-3/h4-6H,1-3H3,(H,14,15,16,17). The monoisotopic (exact) mass is 324 g/mol. The van der Waals surface area contributed by atoms with E-state index in [1.807, 2.05) is 25.1 Å². The molecule has 0 spiro atoms. The van der Waals surface area contributed by atoms with Gasteiger partial charge in [0.15, 0.2) is 0 Å². The number of nitrogens with zero attached hydrogens (tertiary/aromatic N) is 3. The molecule has 0 aliphatic heterocycles. The van der Waals surface area contributed by atoms with Crippen molar-refractivity contribution in [1.82, 2.24) is 15.0 Å². The first-order chi connectivity index (χ1) is 9.12. The van der Waals surface area contributed by atoms with E-state index in [0.29, 0.717) is 11.7 Å². The topological polar surface area (TPSA) is 69.2 Å². The number of halogens is 1. The van der Waals surface area contributed by atoms with Crippen LogP contribution in [0.25, 0.3) is 0 Å². The van der Waals surface area contributed by atoms with Crippen LogP contribution in [-0.2, 0) is 0 Å². The van der Waals surface area contributed by atoms with Gasteiger partial charge in [0, 0.05) is 11.5 Å². The number of hydrogen-bond donors (Lipinski definition) is 1. The summed E-state index contributed by atoms with van der Waals surface area (Å²) in [5.41, 5.74) is 0.972. The summed E-state index contributed by atoms with van der Waals surface area (Å²) < 4.78 is 11.6. The molecular weight excluding hydrogens is 312 g/mol. The first-order valence-electron chi connectivity index (χ1n) is 5.54. The van der Waals surface area contributed by atoms with E-state index in [2.05, 4.69) is 36.2 Å². The summed E-state index contributed by atoms with van der Waals surface area (Å²) in [4.78, 5) is 12.2. The predicted octanol–water partition coefficient (Wildman–Crippen LogP) is 2.79. The van der Waals surface area contributed by atoms with Gasteiger partial charge in [-0.05, 0) is 30.7 Å². The lowest BCUT2D eigenvalue weighted by Crippen LogP contribution is -2.03. The number of benzene rings is 1. The molecule has 1 N–H and O–H groups in total. The zero-order chi connectivity index (χ0) is 13.8. The summed E-state index contributed by atoms with van der Waals surface area (Å²) in [6.45, 7) is 1.94. The number of methoxy groups -OCH3 is 1. The van der Waals surface area contributed by atoms with Gasteiger partial charge in [-0.1, -0.05) is 15.9 Å². The fourth-order valence-corrected chi connectivity index (χ4v) is 1.89. The number of aryl methyl sites for hydroxylation is 1. The maximum Gasteiger partial charge on any atom is 0.330 e. The Morgan fingerprint density at radius 3 is 2.53 bits per heavy atom. The Labute approximate surface area is 119 Å². The minimum Gasteiger partial charge on any atom is -0.467 e. The molecule has 19 heavy (non-hydrogen) atoms. The van der Waals surface area contributed by atoms with E-state index >= 15 is 0 Å². The molecule has 0 amide bonds. The molecule has 1 aromatic carbocycles. The fraction of sp³-hybridized carbons (Fsp3) is 0.250. The number of aromatic nitrogens is 3. The van der Waals surface area contributed by atoms with Gasteiger partial charge in [-0.15, -0.1) is 4.98 Å². The van der Waals surface area contributed by atoms with Crippen molar-refractivity contribution < 1.29 is 9.47 Å². The van der Waals surface area contributed by atoms with Crippen molar-refractivity contribution in [2.75, 3.05) is 19.5 Å². The van der Waals surface area contributed by atoms with Gasteiger partial charge >= 0.3 is 12.0 Å². The van der Waals surface area contributed by atoms with E-state index in [1.54, 1.807) is 7.05 Å². The fourth-order valence-electron chi connectivity index (χ4n) is 1.41. The zero-order valence-corrected chi connectivity index (χ0v) is 12.4. The largest absolute Gasteiger partial charge is 0.467 e. The summed E-state index contributed by atoms with van der Waals surface area (Å²) in [5.74, 6) is 1.06. The second-order valence-corrected chi connectivity index (χ2v) is 4.61. The molecule has 0 aliphatic rings. The normalized spacial score (nSPS) is 10.1. The molecule has 0 saturated carbocycles. The molecule has 1 aromatic heterocycles. The van der Waals surface area contributed by atoms with Crippen LogP contribution in [0.15, 0.2) is 22.7 Å². The predicted molar refractivity (Wildman–Crippen MR) is 74.9 cm³/mol. The lowest BCUT2D eigenvalue weighted by atomic mass is 10.2. The second-order valence-electron chi connectivity index (χ2n) is 3.69. The first kappa shape index (κ1) is 13.5. The summed E-state index contributed by atoms with van der Waals surface area (Å²) in [5, 5.41) is 2.82. The summed E-state index contributed by atoms with van der Waals surface area (Å²) in [6, 6.07) is 6.06. The van der Waals surface area contributed by atoms with E-state index in [1.165, 1.54) is 7.11 Å². The Kier molecular flexibility index (Phi) is 4.16. The Morgan fingerprint density at radius 2 is 1.89 bits per heavy atom. The molecule has 6 nitrogen and oxygen atoms in total. The first-order valence-corrected chi connectivity index (χ1v) is 6.33. The molecule has 0 aliphatic carbocycles. The van der Waals surface area contributed by atoms with Gasteiger partial charge in [0.25, 0.3) is 0 Å². The van der Waals surface area contributed by atoms with E-state index in [4.69, 9.17) is 9.47 Å². The average molecular weight is 325 g/mol. The van der Waals surface area contributed by atoms with Gasteiger partial charge in [-0.3, -0.25) is 0 Å². The van der Waals surface area contributed by atoms with Crippen LogP contribution in [0.2, 0.25) is 0 Å². The molecular formula is C12H13BrN4O2. The van der Waals surface area contributed by atoms with Crippen molar-refractivity contribution in [1.29, 1.82) is 0 Å². The smallest absolute Gasteiger partial charge is 0.330 e. The van der Waals surface area contributed by atoms with Crippen LogP contribution in [0.3, 0.4) is 0 Å². The molecule has 7 heteroatoms. The maximum atomic E-state index is 5.65. The number of nitrogens with one attached hydrogen (secondary N) is 1. The molecule has 0 bridgehead atoms. The molecule has 0 unspecified atom stereocenters. The highest BCUT2D eigenvalue weighted by molar-refractivity contribution is 9.10. The highest BCUT2D eigenvalue weighted by atomic mass is 79.9. The SMILES string of the molecule is CNc1nc(OC)nc(Oc2ccc(Br)cc2C)n1. The molecule has 2 aromatic rings. The minimum atomic E-state index is 0.182. The lowest BCUT2D eigenvalue weighted by Gasteiger charge is -2.09. The molecule has 100 valence electrons. The van der Waals surface area contributed by atoms with Crippen molar-refractivity contribution in [2.45, 2.75) is 6.92 Å². The zero-order valence-electron chi connectivity index (χ0n) is 10.8. The molecule has 2 rings (SSSR count). The van der Waals surface area contributed by atoms with Gasteiger partial charge in [-0.2, -0.15) is 9.97 Å². The second kappa shape index (κ2) is 5.83. The van der Waals surface area contributed by atoms with Gasteiger partial charge < -0.3 is 14.8 Å². The van der Waals surface area contributed by atoms with Crippen LogP contribution in [-0.4, -0.2) is 29.1 Å². The van der Waals surface area contributed by atoms with Crippen LogP contribution < -0.4 is 14.8 Å². The van der Waals surface area contributed by atoms with Gasteiger partial charge in [-0.25, -0.2) is 0 Å². The van der Waals surface area contributed by atoms with Crippen LogP contribution in [0.1, 0.15) is 5.56 Å². The van der Waals surface area contributed by atoms with Crippen molar-refractivity contribution in [3.8, 4) is 17.8 Å². The summed E-state index contributed by atoms with van der Waals surface area (Å²) in [6.07, 6.45) is 0. The van der Waals surface area contributed by atoms with Crippen molar-refractivity contribution >= 4 is 21.9 Å². The summed E-state index contributed by atoms with van der Waals surface area (Å²) in [7, 11) is 3.20. The highest BCUT2D eigenvalue weighted by Crippen LogP contribution is 2.26. The third-order valence-corrected chi connectivity index (χ3v) is 2.83. The van der Waals surface area contributed by atoms with Gasteiger partial charge in [0.1, 0.15) is 5.75 Å². The van der Waals surface area contributed by atoms with E-state index in [9.17, 15) is 0 Å². The average Bonchev–Trinajstić information content (AvgIpc) is 2.41. The Morgan fingerprint density at radius 1 is 1.16 bits per heavy atom. The third kappa shape index (κ3) is 3.31. The minimum absolute atomic E-state index is 0.182. The molecule has 0 saturated heterocycles. The van der Waals surface area contributed by atoms with E-state index in [0.717, 1.165) is 10.0 Å². The maximum absolute atomic E-state index is 5.65. The van der Waals surface area contributed by atoms with Crippen LogP contribution in [0, 0.1) is 6.92 Å². The Balaban J connectivity index is 2.31. The number of rotatable bonds is 4. The Bertz CT molecular complexity index is 570. The van der Waals surface area contributed by atoms with E-state index < -0.39 is 0 Å². The quantitative estimate of drug-likeness (QED) is 0.932. The molecule has 0 fully saturated rings. The van der Waals surface area contributed by atoms with Crippen LogP contribution >= 0.6 is 15.9 Å². The van der Waals surface area contributed by atoms with Crippen LogP contribution in [0.5, 0.6) is 17.8 Å². The van der Waals surface area contributed by atoms with Crippen molar-refractivity contribution in [3.05, 3.63) is 28.2 Å². The number of hydrogen-bond acceptors (Lipinski definition) is 6. The summed E-state index contributed by atoms with van der Waals surface area (Å²) >= 11 is 3.40. The van der Waals surface area contributed by atoms with Gasteiger partial charge in [0.05, 0.1) is 7.11 Å². The van der Waals surface area contributed by atoms with Crippen molar-refractivity contribution in [2.24, 2.45) is 0 Å². The highest BCUT2D eigenvalue weighted by Gasteiger charge is 2.09. The number of ether oxygens (including phenoxy) is 2. The molecule has 0 atom stereocenters. The van der Waals surface area contributed by atoms with Crippen LogP contribution in [0.4, 0.5) is 5.95 Å². The third-order valence-electron chi connectivity index (χ3n) is 2.34. The Hall–Kier alpha value is -1.89.